The van der Waals surface area contributed by atoms with Crippen LogP contribution in [0.3, 0.4) is 0 Å². The molecule has 372 valence electrons. The standard InChI is InChI=1S/C44H75N3O16P2/c1-4-5-6-7-10-15-20-25-35(48)26-21-16-13-18-23-28-40(50)61-36(31-58-39(49)27-22-17-12-9-8-11-14-19-24-34(2)3)32-59-64(54,55)63-65(56,57)60-33-37-41(51)42(52)43(62-37)47-30-29-38(45)46-44(47)53/h10,15,20,25,29-30,34,36-37,41-43,51-52H,4-9,11-14,16-19,21-24,26-28,31-33H2,1-3H3,(H,54,55)(H,56,57)(H2,45,46,53)/b15-10-,25-20+/t36-,37-,41-,42-,43-/m1/s1. The lowest BCUT2D eigenvalue weighted by atomic mass is 10.0. The number of esters is 2. The topological polar surface area (TPSA) is 283 Å². The Hall–Kier alpha value is -3.09. The highest BCUT2D eigenvalue weighted by atomic mass is 31.3. The molecule has 19 nitrogen and oxygen atoms in total. The van der Waals surface area contributed by atoms with Gasteiger partial charge in [0.1, 0.15) is 30.7 Å². The minimum absolute atomic E-state index is 0.0322. The van der Waals surface area contributed by atoms with E-state index >= 15 is 0 Å². The molecule has 1 aliphatic rings. The van der Waals surface area contributed by atoms with Crippen LogP contribution < -0.4 is 11.4 Å². The largest absolute Gasteiger partial charge is 0.481 e. The van der Waals surface area contributed by atoms with Crippen LogP contribution in [0.5, 0.6) is 0 Å². The molecule has 7 atom stereocenters. The lowest BCUT2D eigenvalue weighted by Gasteiger charge is -2.21. The normalized spacial score (nSPS) is 20.0. The fourth-order valence-electron chi connectivity index (χ4n) is 6.77. The van der Waals surface area contributed by atoms with E-state index in [2.05, 4.69) is 36.1 Å². The van der Waals surface area contributed by atoms with Gasteiger partial charge in [-0.3, -0.25) is 28.0 Å². The maximum Gasteiger partial charge on any atom is 0.481 e. The predicted octanol–water partition coefficient (Wildman–Crippen LogP) is 7.70. The van der Waals surface area contributed by atoms with Crippen LogP contribution >= 0.6 is 15.6 Å². The third-order valence-corrected chi connectivity index (χ3v) is 13.0. The Bertz CT molecular complexity index is 1760. The maximum atomic E-state index is 12.8. The highest BCUT2D eigenvalue weighted by Gasteiger charge is 2.46. The molecule has 6 N–H and O–H groups in total. The number of rotatable bonds is 37. The van der Waals surface area contributed by atoms with Gasteiger partial charge in [0.15, 0.2) is 18.1 Å². The Morgan fingerprint density at radius 1 is 0.815 bits per heavy atom. The Labute approximate surface area is 383 Å². The van der Waals surface area contributed by atoms with Gasteiger partial charge < -0.3 is 39.9 Å². The number of phosphoric acid groups is 2. The van der Waals surface area contributed by atoms with E-state index in [1.807, 2.05) is 6.08 Å². The Kier molecular flexibility index (Phi) is 29.1. The zero-order valence-electron chi connectivity index (χ0n) is 38.5. The number of unbranched alkanes of at least 4 members (excludes halogenated alkanes) is 14. The SMILES string of the molecule is CCCCC/C=C\C=C\C(=O)CCCCCCCC(=O)O[C@H](COC(=O)CCCCCCCCCCC(C)C)COP(=O)(O)OP(=O)(O)OC[C@H]1O[C@@H](n2ccc(N)nc2=O)[C@H](O)[C@@H]1O. The molecule has 0 spiro atoms. The number of ketones is 1. The Morgan fingerprint density at radius 3 is 2.05 bits per heavy atom. The van der Waals surface area contributed by atoms with E-state index in [9.17, 15) is 48.3 Å². The van der Waals surface area contributed by atoms with E-state index < -0.39 is 83.7 Å². The zero-order chi connectivity index (χ0) is 48.1. The molecule has 1 aromatic heterocycles. The van der Waals surface area contributed by atoms with E-state index in [1.54, 1.807) is 12.2 Å². The van der Waals surface area contributed by atoms with Crippen molar-refractivity contribution in [3.63, 3.8) is 0 Å². The molecule has 1 fully saturated rings. The molecule has 21 heteroatoms. The number of phosphoric ester groups is 2. The number of hydrogen-bond acceptors (Lipinski definition) is 16. The highest BCUT2D eigenvalue weighted by molar-refractivity contribution is 7.61. The van der Waals surface area contributed by atoms with E-state index in [-0.39, 0.29) is 24.4 Å². The Balaban J connectivity index is 1.86. The fourth-order valence-corrected chi connectivity index (χ4v) is 8.88. The minimum atomic E-state index is -5.44. The van der Waals surface area contributed by atoms with Crippen molar-refractivity contribution < 1.29 is 71.1 Å². The molecule has 1 aliphatic heterocycles. The molecule has 2 unspecified atom stereocenters. The second kappa shape index (κ2) is 32.6. The maximum absolute atomic E-state index is 12.8. The van der Waals surface area contributed by atoms with Crippen molar-refractivity contribution in [2.24, 2.45) is 5.92 Å². The number of nitrogen functional groups attached to an aromatic ring is 1. The van der Waals surface area contributed by atoms with Gasteiger partial charge >= 0.3 is 33.3 Å². The number of nitrogens with zero attached hydrogens (tertiary/aromatic N) is 2. The summed E-state index contributed by atoms with van der Waals surface area (Å²) in [4.78, 5) is 73.8. The number of nitrogens with two attached hydrogens (primary N) is 1. The fraction of sp³-hybridized carbons (Fsp3) is 0.750. The molecule has 0 amide bonds. The second-order valence-electron chi connectivity index (χ2n) is 16.8. The van der Waals surface area contributed by atoms with Crippen molar-refractivity contribution in [1.29, 1.82) is 0 Å². The average molecular weight is 964 g/mol. The van der Waals surface area contributed by atoms with Gasteiger partial charge in [0.2, 0.25) is 0 Å². The molecule has 0 saturated carbocycles. The van der Waals surface area contributed by atoms with Crippen LogP contribution in [0, 0.1) is 5.92 Å². The van der Waals surface area contributed by atoms with E-state index in [0.29, 0.717) is 38.0 Å². The van der Waals surface area contributed by atoms with Crippen LogP contribution in [0.15, 0.2) is 41.4 Å². The number of anilines is 1. The lowest BCUT2D eigenvalue weighted by Crippen LogP contribution is -2.36. The number of allylic oxidation sites excluding steroid dienone is 4. The first-order chi connectivity index (χ1) is 30.9. The van der Waals surface area contributed by atoms with E-state index in [0.717, 1.165) is 68.6 Å². The third kappa shape index (κ3) is 26.7. The predicted molar refractivity (Wildman–Crippen MR) is 243 cm³/mol. The van der Waals surface area contributed by atoms with Crippen molar-refractivity contribution in [2.75, 3.05) is 25.6 Å². The quantitative estimate of drug-likeness (QED) is 0.0140. The second-order valence-corrected chi connectivity index (χ2v) is 19.8. The molecule has 0 aliphatic carbocycles. The van der Waals surface area contributed by atoms with Crippen molar-refractivity contribution in [1.82, 2.24) is 9.55 Å². The van der Waals surface area contributed by atoms with Crippen LogP contribution in [-0.2, 0) is 51.1 Å². The molecule has 2 heterocycles. The smallest absolute Gasteiger partial charge is 0.462 e. The van der Waals surface area contributed by atoms with Crippen LogP contribution in [-0.4, -0.2) is 91.5 Å². The summed E-state index contributed by atoms with van der Waals surface area (Å²) in [6, 6.07) is 1.24. The first-order valence-electron chi connectivity index (χ1n) is 23.2. The van der Waals surface area contributed by atoms with Crippen molar-refractivity contribution >= 4 is 39.2 Å². The number of hydrogen-bond donors (Lipinski definition) is 5. The summed E-state index contributed by atoms with van der Waals surface area (Å²) in [7, 11) is -10.9. The summed E-state index contributed by atoms with van der Waals surface area (Å²) in [5, 5.41) is 20.9. The summed E-state index contributed by atoms with van der Waals surface area (Å²) in [6.07, 6.45) is 18.4. The summed E-state index contributed by atoms with van der Waals surface area (Å²) in [6.45, 7) is 4.21. The number of aliphatic hydroxyl groups excluding tert-OH is 2. The van der Waals surface area contributed by atoms with Crippen LogP contribution in [0.25, 0.3) is 0 Å². The average Bonchev–Trinajstić information content (AvgIpc) is 3.52. The van der Waals surface area contributed by atoms with Crippen molar-refractivity contribution in [2.45, 2.75) is 186 Å². The summed E-state index contributed by atoms with van der Waals surface area (Å²) in [5.41, 5.74) is 4.56. The minimum Gasteiger partial charge on any atom is -0.462 e. The molecule has 1 saturated heterocycles. The van der Waals surface area contributed by atoms with Crippen molar-refractivity contribution in [3.8, 4) is 0 Å². The number of carbonyl (C=O) groups is 3. The van der Waals surface area contributed by atoms with E-state index in [4.69, 9.17) is 29.0 Å². The van der Waals surface area contributed by atoms with Gasteiger partial charge in [0.05, 0.1) is 13.2 Å². The molecular formula is C44H75N3O16P2. The van der Waals surface area contributed by atoms with Gasteiger partial charge in [0.25, 0.3) is 0 Å². The monoisotopic (exact) mass is 963 g/mol. The molecule has 0 aromatic carbocycles. The summed E-state index contributed by atoms with van der Waals surface area (Å²) in [5.74, 6) is -0.637. The number of ether oxygens (including phenoxy) is 3. The van der Waals surface area contributed by atoms with Crippen molar-refractivity contribution in [3.05, 3.63) is 47.1 Å². The van der Waals surface area contributed by atoms with Gasteiger partial charge in [0, 0.05) is 25.5 Å². The van der Waals surface area contributed by atoms with Gasteiger partial charge in [-0.25, -0.2) is 13.9 Å². The van der Waals surface area contributed by atoms with Gasteiger partial charge in [-0.15, -0.1) is 0 Å². The first-order valence-corrected chi connectivity index (χ1v) is 26.2. The Morgan fingerprint density at radius 2 is 1.42 bits per heavy atom. The van der Waals surface area contributed by atoms with Crippen LogP contribution in [0.4, 0.5) is 5.82 Å². The van der Waals surface area contributed by atoms with E-state index in [1.165, 1.54) is 38.2 Å². The summed E-state index contributed by atoms with van der Waals surface area (Å²) < 4.78 is 56.5. The third-order valence-electron chi connectivity index (χ3n) is 10.4. The highest BCUT2D eigenvalue weighted by Crippen LogP contribution is 2.60. The first kappa shape index (κ1) is 58.0. The van der Waals surface area contributed by atoms with Crippen LogP contribution in [0.1, 0.15) is 162 Å². The molecule has 1 aromatic rings. The van der Waals surface area contributed by atoms with Gasteiger partial charge in [-0.2, -0.15) is 9.29 Å². The van der Waals surface area contributed by atoms with Crippen LogP contribution in [0.2, 0.25) is 0 Å². The molecule has 0 radical (unpaired) electrons. The number of aliphatic hydroxyl groups is 2. The zero-order valence-corrected chi connectivity index (χ0v) is 40.2. The summed E-state index contributed by atoms with van der Waals surface area (Å²) >= 11 is 0. The molecule has 0 bridgehead atoms. The number of carbonyl (C=O) groups excluding carboxylic acids is 3. The molecule has 2 rings (SSSR count). The number of aromatic nitrogens is 2. The lowest BCUT2D eigenvalue weighted by molar-refractivity contribution is -0.161. The van der Waals surface area contributed by atoms with Gasteiger partial charge in [-0.1, -0.05) is 122 Å². The molecule has 65 heavy (non-hydrogen) atoms. The van der Waals surface area contributed by atoms with Gasteiger partial charge in [-0.05, 0) is 50.2 Å². The molecular weight excluding hydrogens is 888 g/mol.